The Morgan fingerprint density at radius 1 is 1.21 bits per heavy atom. The molecule has 3 rings (SSSR count). The number of hydrogen-bond acceptors (Lipinski definition) is 6. The lowest BCUT2D eigenvalue weighted by Gasteiger charge is -2.06. The van der Waals surface area contributed by atoms with Gasteiger partial charge in [-0.3, -0.25) is 14.9 Å². The molecule has 8 heteroatoms. The predicted octanol–water partition coefficient (Wildman–Crippen LogP) is 4.82. The van der Waals surface area contributed by atoms with Gasteiger partial charge in [-0.25, -0.2) is 4.98 Å². The molecule has 1 aromatic heterocycles. The Bertz CT molecular complexity index is 970. The van der Waals surface area contributed by atoms with Crippen LogP contribution in [0.25, 0.3) is 11.3 Å². The van der Waals surface area contributed by atoms with Crippen molar-refractivity contribution in [2.75, 3.05) is 11.9 Å². The summed E-state index contributed by atoms with van der Waals surface area (Å²) in [6, 6.07) is 14.2. The van der Waals surface area contributed by atoms with E-state index >= 15 is 0 Å². The smallest absolute Gasteiger partial charge is 0.310 e. The third-order valence-electron chi connectivity index (χ3n) is 3.97. The summed E-state index contributed by atoms with van der Waals surface area (Å²) in [6.07, 6.45) is 0.675. The van der Waals surface area contributed by atoms with Gasteiger partial charge in [-0.2, -0.15) is 0 Å². The minimum absolute atomic E-state index is 0.0848. The number of para-hydroxylation sites is 2. The Morgan fingerprint density at radius 3 is 2.71 bits per heavy atom. The van der Waals surface area contributed by atoms with Gasteiger partial charge in [0.25, 0.3) is 0 Å². The van der Waals surface area contributed by atoms with Gasteiger partial charge < -0.3 is 10.1 Å². The maximum Gasteiger partial charge on any atom is 0.310 e. The van der Waals surface area contributed by atoms with Crippen molar-refractivity contribution in [3.8, 4) is 17.0 Å². The monoisotopic (exact) mass is 397 g/mol. The first-order chi connectivity index (χ1) is 13.5. The molecule has 1 amide bonds. The van der Waals surface area contributed by atoms with Crippen LogP contribution < -0.4 is 10.1 Å². The van der Waals surface area contributed by atoms with Crippen molar-refractivity contribution in [2.24, 2.45) is 0 Å². The number of aromatic nitrogens is 1. The van der Waals surface area contributed by atoms with Crippen LogP contribution in [0.5, 0.6) is 5.75 Å². The molecule has 0 unspecified atom stereocenters. The summed E-state index contributed by atoms with van der Waals surface area (Å²) in [5.74, 6) is 0.0338. The number of benzene rings is 2. The number of thiazole rings is 1. The van der Waals surface area contributed by atoms with Crippen molar-refractivity contribution < 1.29 is 14.5 Å². The van der Waals surface area contributed by atoms with Crippen LogP contribution in [-0.4, -0.2) is 22.4 Å². The van der Waals surface area contributed by atoms with E-state index in [2.05, 4.69) is 10.3 Å². The molecule has 0 aliphatic rings. The van der Waals surface area contributed by atoms with Gasteiger partial charge in [0.1, 0.15) is 0 Å². The second-order valence-electron chi connectivity index (χ2n) is 6.13. The Morgan fingerprint density at radius 2 is 1.96 bits per heavy atom. The lowest BCUT2D eigenvalue weighted by molar-refractivity contribution is -0.385. The van der Waals surface area contributed by atoms with Gasteiger partial charge >= 0.3 is 5.69 Å². The predicted molar refractivity (Wildman–Crippen MR) is 109 cm³/mol. The fourth-order valence-corrected chi connectivity index (χ4v) is 3.25. The van der Waals surface area contributed by atoms with E-state index in [1.165, 1.54) is 23.0 Å². The van der Waals surface area contributed by atoms with Gasteiger partial charge in [-0.1, -0.05) is 42.0 Å². The molecule has 0 radical (unpaired) electrons. The quantitative estimate of drug-likeness (QED) is 0.334. The lowest BCUT2D eigenvalue weighted by atomic mass is 10.1. The topological polar surface area (TPSA) is 94.4 Å². The molecule has 0 spiro atoms. The van der Waals surface area contributed by atoms with E-state index in [1.807, 2.05) is 36.6 Å². The van der Waals surface area contributed by atoms with Crippen LogP contribution in [0.15, 0.2) is 53.9 Å². The lowest BCUT2D eigenvalue weighted by Crippen LogP contribution is -2.12. The van der Waals surface area contributed by atoms with Crippen molar-refractivity contribution in [3.05, 3.63) is 69.6 Å². The minimum Gasteiger partial charge on any atom is -0.487 e. The molecule has 144 valence electrons. The number of nitro benzene ring substituents is 1. The first-order valence-corrected chi connectivity index (χ1v) is 9.59. The number of nitro groups is 1. The number of amides is 1. The van der Waals surface area contributed by atoms with E-state index in [-0.39, 0.29) is 30.4 Å². The Hall–Kier alpha value is -3.26. The molecule has 0 saturated heterocycles. The molecule has 0 aliphatic heterocycles. The molecule has 0 aliphatic carbocycles. The van der Waals surface area contributed by atoms with E-state index in [0.717, 1.165) is 11.3 Å². The maximum absolute atomic E-state index is 12.1. The second-order valence-corrected chi connectivity index (χ2v) is 6.99. The minimum atomic E-state index is -0.490. The summed E-state index contributed by atoms with van der Waals surface area (Å²) in [6.45, 7) is 2.24. The van der Waals surface area contributed by atoms with Crippen LogP contribution in [0.3, 0.4) is 0 Å². The van der Waals surface area contributed by atoms with E-state index in [1.54, 1.807) is 18.2 Å². The van der Waals surface area contributed by atoms with Crippen molar-refractivity contribution in [1.82, 2.24) is 4.98 Å². The standard InChI is InChI=1S/C20H19N3O4S/c1-14-8-10-15(11-9-14)16-13-28-20(21-16)22-19(24)7-4-12-27-18-6-3-2-5-17(18)23(25)26/h2-3,5-6,8-11,13H,4,7,12H2,1H3,(H,21,22,24). The molecule has 28 heavy (non-hydrogen) atoms. The number of nitrogens with zero attached hydrogens (tertiary/aromatic N) is 2. The molecule has 2 aromatic carbocycles. The van der Waals surface area contributed by atoms with E-state index in [4.69, 9.17) is 4.74 Å². The van der Waals surface area contributed by atoms with Crippen LogP contribution in [0, 0.1) is 17.0 Å². The van der Waals surface area contributed by atoms with E-state index in [0.29, 0.717) is 11.6 Å². The highest BCUT2D eigenvalue weighted by atomic mass is 32.1. The summed E-state index contributed by atoms with van der Waals surface area (Å²) in [7, 11) is 0. The molecule has 7 nitrogen and oxygen atoms in total. The summed E-state index contributed by atoms with van der Waals surface area (Å²) >= 11 is 1.37. The number of ether oxygens (including phenoxy) is 1. The highest BCUT2D eigenvalue weighted by molar-refractivity contribution is 7.14. The molecule has 0 atom stereocenters. The first-order valence-electron chi connectivity index (χ1n) is 8.71. The fraction of sp³-hybridized carbons (Fsp3) is 0.200. The molecule has 0 saturated carbocycles. The molecular weight excluding hydrogens is 378 g/mol. The average molecular weight is 397 g/mol. The molecule has 0 bridgehead atoms. The number of hydrogen-bond donors (Lipinski definition) is 1. The van der Waals surface area contributed by atoms with Crippen LogP contribution in [0.2, 0.25) is 0 Å². The van der Waals surface area contributed by atoms with Crippen molar-refractivity contribution in [3.63, 3.8) is 0 Å². The summed E-state index contributed by atoms with van der Waals surface area (Å²) < 4.78 is 5.44. The molecule has 1 N–H and O–H groups in total. The van der Waals surface area contributed by atoms with Gasteiger partial charge in [0.2, 0.25) is 5.91 Å². The van der Waals surface area contributed by atoms with E-state index < -0.39 is 4.92 Å². The molecule has 0 fully saturated rings. The van der Waals surface area contributed by atoms with Gasteiger partial charge in [-0.05, 0) is 19.4 Å². The Kier molecular flexibility index (Phi) is 6.33. The second kappa shape index (κ2) is 9.09. The zero-order valence-corrected chi connectivity index (χ0v) is 16.1. The summed E-state index contributed by atoms with van der Waals surface area (Å²) in [5, 5.41) is 16.2. The Balaban J connectivity index is 1.46. The zero-order chi connectivity index (χ0) is 19.9. The third-order valence-corrected chi connectivity index (χ3v) is 4.72. The highest BCUT2D eigenvalue weighted by Gasteiger charge is 2.14. The van der Waals surface area contributed by atoms with Crippen molar-refractivity contribution >= 4 is 28.1 Å². The van der Waals surface area contributed by atoms with Crippen LogP contribution in [-0.2, 0) is 4.79 Å². The molecule has 1 heterocycles. The average Bonchev–Trinajstić information content (AvgIpc) is 3.14. The first kappa shape index (κ1) is 19.5. The summed E-state index contributed by atoms with van der Waals surface area (Å²) in [4.78, 5) is 27.0. The number of aryl methyl sites for hydroxylation is 1. The highest BCUT2D eigenvalue weighted by Crippen LogP contribution is 2.26. The fourth-order valence-electron chi connectivity index (χ4n) is 2.51. The number of carbonyl (C=O) groups is 1. The van der Waals surface area contributed by atoms with Gasteiger partial charge in [0, 0.05) is 23.4 Å². The van der Waals surface area contributed by atoms with Crippen LogP contribution in [0.4, 0.5) is 10.8 Å². The number of anilines is 1. The summed E-state index contributed by atoms with van der Waals surface area (Å²) in [5.41, 5.74) is 2.91. The molecular formula is C20H19N3O4S. The normalized spacial score (nSPS) is 10.5. The Labute approximate surface area is 166 Å². The van der Waals surface area contributed by atoms with Gasteiger partial charge in [0.15, 0.2) is 10.9 Å². The number of nitrogens with one attached hydrogen (secondary N) is 1. The van der Waals surface area contributed by atoms with Crippen LogP contribution >= 0.6 is 11.3 Å². The van der Waals surface area contributed by atoms with Crippen LogP contribution in [0.1, 0.15) is 18.4 Å². The van der Waals surface area contributed by atoms with Crippen molar-refractivity contribution in [1.29, 1.82) is 0 Å². The zero-order valence-electron chi connectivity index (χ0n) is 15.3. The number of carbonyl (C=O) groups excluding carboxylic acids is 1. The van der Waals surface area contributed by atoms with Crippen molar-refractivity contribution in [2.45, 2.75) is 19.8 Å². The third kappa shape index (κ3) is 5.14. The van der Waals surface area contributed by atoms with Gasteiger partial charge in [0.05, 0.1) is 17.2 Å². The van der Waals surface area contributed by atoms with E-state index in [9.17, 15) is 14.9 Å². The SMILES string of the molecule is Cc1ccc(-c2csc(NC(=O)CCCOc3ccccc3[N+](=O)[O-])n2)cc1. The maximum atomic E-state index is 12.1. The molecule has 3 aromatic rings. The number of rotatable bonds is 8. The van der Waals surface area contributed by atoms with Gasteiger partial charge in [-0.15, -0.1) is 11.3 Å². The largest absolute Gasteiger partial charge is 0.487 e.